The number of rotatable bonds is 2. The molecule has 0 unspecified atom stereocenters. The van der Waals surface area contributed by atoms with E-state index in [1.165, 1.54) is 13.0 Å². The van der Waals surface area contributed by atoms with E-state index in [4.69, 9.17) is 0 Å². The molecule has 2 aromatic rings. The van der Waals surface area contributed by atoms with Crippen molar-refractivity contribution < 1.29 is 18.0 Å². The Balaban J connectivity index is 2.58. The summed E-state index contributed by atoms with van der Waals surface area (Å²) in [5.74, 6) is -0.151. The van der Waals surface area contributed by atoms with Crippen molar-refractivity contribution in [2.75, 3.05) is 0 Å². The molecule has 0 aliphatic heterocycles. The molecule has 0 aliphatic rings. The summed E-state index contributed by atoms with van der Waals surface area (Å²) in [5, 5.41) is 0. The minimum absolute atomic E-state index is 0.0909. The molecule has 19 heavy (non-hydrogen) atoms. The molecule has 0 aliphatic carbocycles. The first-order valence-corrected chi connectivity index (χ1v) is 6.88. The zero-order valence-electron chi connectivity index (χ0n) is 9.72. The topological polar surface area (TPSA) is 17.1 Å². The van der Waals surface area contributed by atoms with Gasteiger partial charge in [-0.2, -0.15) is 13.2 Å². The Hall–Kier alpha value is -1.14. The molecule has 0 spiro atoms. The maximum absolute atomic E-state index is 13.0. The van der Waals surface area contributed by atoms with Crippen LogP contribution in [0.2, 0.25) is 0 Å². The van der Waals surface area contributed by atoms with Crippen molar-refractivity contribution in [1.82, 2.24) is 0 Å². The number of hydrogen-bond donors (Lipinski definition) is 0. The summed E-state index contributed by atoms with van der Waals surface area (Å²) in [6, 6.07) is 7.09. The molecule has 6 heteroatoms. The third kappa shape index (κ3) is 3.06. The summed E-state index contributed by atoms with van der Waals surface area (Å²) < 4.78 is 39.4. The third-order valence-corrected chi connectivity index (χ3v) is 4.22. The number of Topliss-reactive ketones (excluding diaryl/α,β-unsaturated/α-hetero) is 1. The lowest BCUT2D eigenvalue weighted by atomic mass is 10.1. The molecule has 2 rings (SSSR count). The Labute approximate surface area is 120 Å². The van der Waals surface area contributed by atoms with Crippen LogP contribution in [-0.4, -0.2) is 5.78 Å². The van der Waals surface area contributed by atoms with Crippen LogP contribution >= 0.6 is 27.3 Å². The summed E-state index contributed by atoms with van der Waals surface area (Å²) in [5.41, 5.74) is -0.618. The molecule has 0 radical (unpaired) electrons. The number of halogens is 4. The molecule has 0 saturated carbocycles. The molecule has 0 atom stereocenters. The van der Waals surface area contributed by atoms with Crippen molar-refractivity contribution in [1.29, 1.82) is 0 Å². The van der Waals surface area contributed by atoms with Gasteiger partial charge in [0.2, 0.25) is 0 Å². The Morgan fingerprint density at radius 1 is 1.21 bits per heavy atom. The van der Waals surface area contributed by atoms with E-state index in [1.54, 1.807) is 18.2 Å². The first-order valence-electron chi connectivity index (χ1n) is 5.27. The van der Waals surface area contributed by atoms with Gasteiger partial charge in [-0.3, -0.25) is 4.79 Å². The standard InChI is InChI=1S/C13H8BrF3OS/c1-7(18)11-4-5-12(19-11)9-3-2-8(14)6-10(9)13(15,16)17/h2-6H,1H3. The highest BCUT2D eigenvalue weighted by atomic mass is 79.9. The second kappa shape index (κ2) is 5.09. The normalized spacial score (nSPS) is 11.6. The van der Waals surface area contributed by atoms with Crippen molar-refractivity contribution >= 4 is 33.0 Å². The Morgan fingerprint density at radius 2 is 1.89 bits per heavy atom. The van der Waals surface area contributed by atoms with Crippen LogP contribution in [0.4, 0.5) is 13.2 Å². The molecule has 1 aromatic heterocycles. The summed E-state index contributed by atoms with van der Waals surface area (Å²) in [7, 11) is 0. The molecular formula is C13H8BrF3OS. The Bertz CT molecular complexity index is 631. The summed E-state index contributed by atoms with van der Waals surface area (Å²) >= 11 is 4.10. The van der Waals surface area contributed by atoms with E-state index in [1.807, 2.05) is 0 Å². The Kier molecular flexibility index (Phi) is 3.82. The molecule has 0 N–H and O–H groups in total. The quantitative estimate of drug-likeness (QED) is 0.664. The van der Waals surface area contributed by atoms with Crippen molar-refractivity contribution in [3.63, 3.8) is 0 Å². The van der Waals surface area contributed by atoms with E-state index in [0.29, 0.717) is 14.2 Å². The molecular weight excluding hydrogens is 341 g/mol. The lowest BCUT2D eigenvalue weighted by Gasteiger charge is -2.12. The zero-order chi connectivity index (χ0) is 14.2. The smallest absolute Gasteiger partial charge is 0.294 e. The molecule has 100 valence electrons. The molecule has 0 saturated heterocycles. The summed E-state index contributed by atoms with van der Waals surface area (Å²) in [6.07, 6.45) is -4.43. The average Bonchev–Trinajstić information content (AvgIpc) is 2.77. The van der Waals surface area contributed by atoms with Gasteiger partial charge in [-0.15, -0.1) is 11.3 Å². The number of alkyl halides is 3. The Morgan fingerprint density at radius 3 is 2.42 bits per heavy atom. The zero-order valence-corrected chi connectivity index (χ0v) is 12.1. The second-order valence-electron chi connectivity index (χ2n) is 3.91. The van der Waals surface area contributed by atoms with Gasteiger partial charge in [0.25, 0.3) is 0 Å². The van der Waals surface area contributed by atoms with Gasteiger partial charge in [0.05, 0.1) is 10.4 Å². The predicted octanol–water partition coefficient (Wildman–Crippen LogP) is 5.40. The first-order chi connectivity index (χ1) is 8.79. The molecule has 0 bridgehead atoms. The van der Waals surface area contributed by atoms with Gasteiger partial charge in [0.1, 0.15) is 0 Å². The van der Waals surface area contributed by atoms with Crippen molar-refractivity contribution in [3.05, 3.63) is 45.2 Å². The number of benzene rings is 1. The fourth-order valence-electron chi connectivity index (χ4n) is 1.64. The highest BCUT2D eigenvalue weighted by Crippen LogP contribution is 2.40. The van der Waals surface area contributed by atoms with Crippen LogP contribution in [-0.2, 0) is 6.18 Å². The van der Waals surface area contributed by atoms with E-state index in [-0.39, 0.29) is 11.3 Å². The van der Waals surface area contributed by atoms with Crippen LogP contribution in [0.25, 0.3) is 10.4 Å². The SMILES string of the molecule is CC(=O)c1ccc(-c2ccc(Br)cc2C(F)(F)F)s1. The van der Waals surface area contributed by atoms with E-state index in [0.717, 1.165) is 17.4 Å². The highest BCUT2D eigenvalue weighted by molar-refractivity contribution is 9.10. The molecule has 1 nitrogen and oxygen atoms in total. The number of ketones is 1. The minimum atomic E-state index is -4.43. The van der Waals surface area contributed by atoms with Gasteiger partial charge in [-0.25, -0.2) is 0 Å². The van der Waals surface area contributed by atoms with Gasteiger partial charge in [-0.05, 0) is 31.2 Å². The van der Waals surface area contributed by atoms with E-state index in [9.17, 15) is 18.0 Å². The summed E-state index contributed by atoms with van der Waals surface area (Å²) in [6.45, 7) is 1.39. The molecule has 1 aromatic carbocycles. The first kappa shape index (κ1) is 14.3. The molecule has 1 heterocycles. The van der Waals surface area contributed by atoms with Crippen LogP contribution in [0, 0.1) is 0 Å². The van der Waals surface area contributed by atoms with E-state index < -0.39 is 11.7 Å². The van der Waals surface area contributed by atoms with Gasteiger partial charge in [0, 0.05) is 14.9 Å². The van der Waals surface area contributed by atoms with Gasteiger partial charge in [-0.1, -0.05) is 22.0 Å². The van der Waals surface area contributed by atoms with Crippen LogP contribution in [0.1, 0.15) is 22.2 Å². The summed E-state index contributed by atoms with van der Waals surface area (Å²) in [4.78, 5) is 12.1. The lowest BCUT2D eigenvalue weighted by molar-refractivity contribution is -0.137. The highest BCUT2D eigenvalue weighted by Gasteiger charge is 2.34. The number of thiophene rings is 1. The number of carbonyl (C=O) groups excluding carboxylic acids is 1. The average molecular weight is 349 g/mol. The maximum atomic E-state index is 13.0. The maximum Gasteiger partial charge on any atom is 0.417 e. The van der Waals surface area contributed by atoms with Crippen molar-refractivity contribution in [2.45, 2.75) is 13.1 Å². The lowest BCUT2D eigenvalue weighted by Crippen LogP contribution is -2.06. The van der Waals surface area contributed by atoms with Gasteiger partial charge >= 0.3 is 6.18 Å². The van der Waals surface area contributed by atoms with Crippen LogP contribution in [0.3, 0.4) is 0 Å². The van der Waals surface area contributed by atoms with Crippen molar-refractivity contribution in [3.8, 4) is 10.4 Å². The number of carbonyl (C=O) groups is 1. The fourth-order valence-corrected chi connectivity index (χ4v) is 2.94. The van der Waals surface area contributed by atoms with Crippen LogP contribution in [0.15, 0.2) is 34.8 Å². The van der Waals surface area contributed by atoms with Gasteiger partial charge < -0.3 is 0 Å². The van der Waals surface area contributed by atoms with Gasteiger partial charge in [0.15, 0.2) is 5.78 Å². The van der Waals surface area contributed by atoms with E-state index in [2.05, 4.69) is 15.9 Å². The van der Waals surface area contributed by atoms with E-state index >= 15 is 0 Å². The van der Waals surface area contributed by atoms with Crippen molar-refractivity contribution in [2.24, 2.45) is 0 Å². The molecule has 0 fully saturated rings. The fraction of sp³-hybridized carbons (Fsp3) is 0.154. The second-order valence-corrected chi connectivity index (χ2v) is 5.91. The predicted molar refractivity (Wildman–Crippen MR) is 72.5 cm³/mol. The minimum Gasteiger partial charge on any atom is -0.294 e. The monoisotopic (exact) mass is 348 g/mol. The third-order valence-electron chi connectivity index (χ3n) is 2.51. The number of hydrogen-bond acceptors (Lipinski definition) is 2. The molecule has 0 amide bonds. The largest absolute Gasteiger partial charge is 0.417 e. The van der Waals surface area contributed by atoms with Crippen LogP contribution in [0.5, 0.6) is 0 Å². The van der Waals surface area contributed by atoms with Crippen LogP contribution < -0.4 is 0 Å².